The molecule has 0 radical (unpaired) electrons. The zero-order chi connectivity index (χ0) is 22.5. The number of fused-ring (bicyclic) bond motifs is 1. The maximum Gasteiger partial charge on any atom is 0.409 e. The van der Waals surface area contributed by atoms with Crippen LogP contribution in [-0.4, -0.2) is 61.6 Å². The molecule has 0 bridgehead atoms. The topological polar surface area (TPSA) is 94.2 Å². The molecular formula is C24H26N2O6. The van der Waals surface area contributed by atoms with Gasteiger partial charge < -0.3 is 24.4 Å². The summed E-state index contributed by atoms with van der Waals surface area (Å²) < 4.78 is 16.1. The van der Waals surface area contributed by atoms with Crippen LogP contribution in [-0.2, 0) is 4.74 Å². The Morgan fingerprint density at radius 2 is 1.69 bits per heavy atom. The van der Waals surface area contributed by atoms with Crippen LogP contribution in [0, 0.1) is 0 Å². The summed E-state index contributed by atoms with van der Waals surface area (Å²) in [5.41, 5.74) is 1.07. The molecule has 2 aliphatic rings. The number of hydrogen-bond donors (Lipinski definition) is 1. The summed E-state index contributed by atoms with van der Waals surface area (Å²) in [4.78, 5) is 39.7. The third-order valence-electron chi connectivity index (χ3n) is 5.58. The minimum absolute atomic E-state index is 0.0781. The molecule has 168 valence electrons. The molecule has 0 aliphatic carbocycles. The van der Waals surface area contributed by atoms with E-state index in [9.17, 15) is 14.4 Å². The van der Waals surface area contributed by atoms with Crippen molar-refractivity contribution in [3.63, 3.8) is 0 Å². The van der Waals surface area contributed by atoms with Crippen molar-refractivity contribution in [2.75, 3.05) is 32.9 Å². The van der Waals surface area contributed by atoms with Gasteiger partial charge in [0.15, 0.2) is 17.3 Å². The molecule has 2 amide bonds. The number of hydrogen-bond acceptors (Lipinski definition) is 6. The smallest absolute Gasteiger partial charge is 0.409 e. The average Bonchev–Trinajstić information content (AvgIpc) is 2.84. The Morgan fingerprint density at radius 1 is 1.00 bits per heavy atom. The fraction of sp³-hybridized carbons (Fsp3) is 0.375. The third kappa shape index (κ3) is 4.69. The average molecular weight is 438 g/mol. The van der Waals surface area contributed by atoms with E-state index in [0.29, 0.717) is 73.9 Å². The van der Waals surface area contributed by atoms with Gasteiger partial charge in [-0.2, -0.15) is 0 Å². The monoisotopic (exact) mass is 438 g/mol. The maximum absolute atomic E-state index is 13.2. The van der Waals surface area contributed by atoms with E-state index in [1.165, 1.54) is 0 Å². The highest BCUT2D eigenvalue weighted by Crippen LogP contribution is 2.31. The molecular weight excluding hydrogens is 412 g/mol. The fourth-order valence-electron chi connectivity index (χ4n) is 3.90. The molecule has 0 unspecified atom stereocenters. The van der Waals surface area contributed by atoms with E-state index in [-0.39, 0.29) is 23.8 Å². The van der Waals surface area contributed by atoms with Crippen molar-refractivity contribution in [1.29, 1.82) is 0 Å². The number of ether oxygens (including phenoxy) is 3. The van der Waals surface area contributed by atoms with Gasteiger partial charge in [0, 0.05) is 30.3 Å². The number of piperidine rings is 1. The molecule has 1 fully saturated rings. The molecule has 2 aromatic carbocycles. The largest absolute Gasteiger partial charge is 0.486 e. The van der Waals surface area contributed by atoms with Crippen molar-refractivity contribution in [2.45, 2.75) is 25.8 Å². The molecule has 2 aliphatic heterocycles. The quantitative estimate of drug-likeness (QED) is 0.722. The molecule has 8 heteroatoms. The van der Waals surface area contributed by atoms with E-state index in [4.69, 9.17) is 14.2 Å². The van der Waals surface area contributed by atoms with Crippen LogP contribution in [0.5, 0.6) is 11.5 Å². The first-order chi connectivity index (χ1) is 15.6. The van der Waals surface area contributed by atoms with E-state index in [0.717, 1.165) is 0 Å². The second-order valence-electron chi connectivity index (χ2n) is 7.67. The van der Waals surface area contributed by atoms with E-state index < -0.39 is 0 Å². The Labute approximate surface area is 186 Å². The van der Waals surface area contributed by atoms with Crippen LogP contribution >= 0.6 is 0 Å². The molecule has 1 N–H and O–H groups in total. The van der Waals surface area contributed by atoms with Crippen molar-refractivity contribution in [1.82, 2.24) is 10.2 Å². The Bertz CT molecular complexity index is 1010. The van der Waals surface area contributed by atoms with Crippen LogP contribution in [0.2, 0.25) is 0 Å². The van der Waals surface area contributed by atoms with Gasteiger partial charge in [-0.25, -0.2) is 4.79 Å². The first-order valence-corrected chi connectivity index (χ1v) is 10.8. The standard InChI is InChI=1S/C24H26N2O6/c1-2-30-24(29)26-11-9-17(10-12-26)25-23(28)19-6-4-3-5-18(19)22(27)16-7-8-20-21(15-16)32-14-13-31-20/h3-8,15,17H,2,9-14H2,1H3,(H,25,28). The molecule has 2 aromatic rings. The van der Waals surface area contributed by atoms with Crippen molar-refractivity contribution < 1.29 is 28.6 Å². The molecule has 0 atom stereocenters. The molecule has 4 rings (SSSR count). The molecule has 0 saturated carbocycles. The van der Waals surface area contributed by atoms with Gasteiger partial charge in [-0.15, -0.1) is 0 Å². The van der Waals surface area contributed by atoms with Gasteiger partial charge in [-0.05, 0) is 44.0 Å². The van der Waals surface area contributed by atoms with E-state index >= 15 is 0 Å². The normalized spacial score (nSPS) is 15.7. The summed E-state index contributed by atoms with van der Waals surface area (Å²) in [7, 11) is 0. The number of rotatable bonds is 5. The van der Waals surface area contributed by atoms with Crippen molar-refractivity contribution >= 4 is 17.8 Å². The van der Waals surface area contributed by atoms with Crippen molar-refractivity contribution in [3.05, 3.63) is 59.2 Å². The second kappa shape index (κ2) is 9.72. The Kier molecular flexibility index (Phi) is 6.58. The maximum atomic E-state index is 13.2. The number of carbonyl (C=O) groups is 3. The van der Waals surface area contributed by atoms with Crippen LogP contribution in [0.3, 0.4) is 0 Å². The molecule has 1 saturated heterocycles. The predicted molar refractivity (Wildman–Crippen MR) is 116 cm³/mol. The van der Waals surface area contributed by atoms with Gasteiger partial charge >= 0.3 is 6.09 Å². The zero-order valence-corrected chi connectivity index (χ0v) is 18.0. The van der Waals surface area contributed by atoms with Gasteiger partial charge in [-0.1, -0.05) is 18.2 Å². The lowest BCUT2D eigenvalue weighted by molar-refractivity contribution is 0.0854. The lowest BCUT2D eigenvalue weighted by atomic mass is 9.96. The van der Waals surface area contributed by atoms with Crippen LogP contribution in [0.15, 0.2) is 42.5 Å². The van der Waals surface area contributed by atoms with Crippen LogP contribution < -0.4 is 14.8 Å². The van der Waals surface area contributed by atoms with Gasteiger partial charge in [0.1, 0.15) is 13.2 Å². The Hall–Kier alpha value is -3.55. The summed E-state index contributed by atoms with van der Waals surface area (Å²) in [6, 6.07) is 11.7. The first-order valence-electron chi connectivity index (χ1n) is 10.8. The van der Waals surface area contributed by atoms with Crippen LogP contribution in [0.25, 0.3) is 0 Å². The lowest BCUT2D eigenvalue weighted by Gasteiger charge is -2.31. The Morgan fingerprint density at radius 3 is 2.41 bits per heavy atom. The molecule has 32 heavy (non-hydrogen) atoms. The molecule has 2 heterocycles. The number of amides is 2. The summed E-state index contributed by atoms with van der Waals surface area (Å²) in [5.74, 6) is 0.566. The van der Waals surface area contributed by atoms with Crippen molar-refractivity contribution in [3.8, 4) is 11.5 Å². The molecule has 0 aromatic heterocycles. The second-order valence-corrected chi connectivity index (χ2v) is 7.67. The number of ketones is 1. The SMILES string of the molecule is CCOC(=O)N1CCC(NC(=O)c2ccccc2C(=O)c2ccc3c(c2)OCCO3)CC1. The van der Waals surface area contributed by atoms with Gasteiger partial charge in [-0.3, -0.25) is 9.59 Å². The minimum Gasteiger partial charge on any atom is -0.486 e. The summed E-state index contributed by atoms with van der Waals surface area (Å²) >= 11 is 0. The van der Waals surface area contributed by atoms with Crippen LogP contribution in [0.4, 0.5) is 4.79 Å². The number of carbonyl (C=O) groups excluding carboxylic acids is 3. The zero-order valence-electron chi connectivity index (χ0n) is 18.0. The lowest BCUT2D eigenvalue weighted by Crippen LogP contribution is -2.46. The third-order valence-corrected chi connectivity index (χ3v) is 5.58. The minimum atomic E-state index is -0.326. The summed E-state index contributed by atoms with van der Waals surface area (Å²) in [6.45, 7) is 4.04. The number of likely N-dealkylation sites (tertiary alicyclic amines) is 1. The van der Waals surface area contributed by atoms with Gasteiger partial charge in [0.2, 0.25) is 0 Å². The summed E-state index contributed by atoms with van der Waals surface area (Å²) in [5, 5.41) is 3.01. The van der Waals surface area contributed by atoms with Crippen LogP contribution in [0.1, 0.15) is 46.0 Å². The number of nitrogens with zero attached hydrogens (tertiary/aromatic N) is 1. The van der Waals surface area contributed by atoms with E-state index in [1.54, 1.807) is 54.3 Å². The highest BCUT2D eigenvalue weighted by molar-refractivity contribution is 6.15. The number of benzene rings is 2. The molecule has 0 spiro atoms. The van der Waals surface area contributed by atoms with E-state index in [1.807, 2.05) is 0 Å². The highest BCUT2D eigenvalue weighted by atomic mass is 16.6. The summed E-state index contributed by atoms with van der Waals surface area (Å²) in [6.07, 6.45) is 0.929. The molecule has 8 nitrogen and oxygen atoms in total. The Balaban J connectivity index is 1.45. The fourth-order valence-corrected chi connectivity index (χ4v) is 3.90. The predicted octanol–water partition coefficient (Wildman–Crippen LogP) is 3.04. The van der Waals surface area contributed by atoms with Gasteiger partial charge in [0.25, 0.3) is 5.91 Å². The highest BCUT2D eigenvalue weighted by Gasteiger charge is 2.26. The van der Waals surface area contributed by atoms with Crippen molar-refractivity contribution in [2.24, 2.45) is 0 Å². The number of nitrogens with one attached hydrogen (secondary N) is 1. The van der Waals surface area contributed by atoms with E-state index in [2.05, 4.69) is 5.32 Å². The first kappa shape index (κ1) is 21.7. The van der Waals surface area contributed by atoms with Gasteiger partial charge in [0.05, 0.1) is 12.2 Å².